The van der Waals surface area contributed by atoms with E-state index in [9.17, 15) is 0 Å². The van der Waals surface area contributed by atoms with Gasteiger partial charge in [-0.05, 0) is 100 Å². The van der Waals surface area contributed by atoms with E-state index in [0.29, 0.717) is 12.1 Å². The molecule has 4 heterocycles. The number of rotatable bonds is 10. The highest BCUT2D eigenvalue weighted by Gasteiger charge is 2.26. The second-order valence-electron chi connectivity index (χ2n) is 15.0. The zero-order chi connectivity index (χ0) is 39.0. The summed E-state index contributed by atoms with van der Waals surface area (Å²) >= 11 is 7.06. The molecule has 0 bridgehead atoms. The fraction of sp³-hybridized carbons (Fsp3) is 0.375. The highest BCUT2D eigenvalue weighted by Crippen LogP contribution is 2.35. The second kappa shape index (κ2) is 21.8. The summed E-state index contributed by atoms with van der Waals surface area (Å²) < 4.78 is 2.19. The van der Waals surface area contributed by atoms with Gasteiger partial charge in [0.2, 0.25) is 0 Å². The molecule has 0 spiro atoms. The molecule has 0 atom stereocenters. The summed E-state index contributed by atoms with van der Waals surface area (Å²) in [5.74, 6) is 0. The van der Waals surface area contributed by atoms with Gasteiger partial charge < -0.3 is 19.6 Å². The van der Waals surface area contributed by atoms with Gasteiger partial charge in [-0.2, -0.15) is 0 Å². The molecule has 0 amide bonds. The Morgan fingerprint density at radius 2 is 0.828 bits per heavy atom. The summed E-state index contributed by atoms with van der Waals surface area (Å²) in [4.78, 5) is 20.2. The van der Waals surface area contributed by atoms with E-state index in [-0.39, 0.29) is 24.8 Å². The minimum Gasteiger partial charge on any atom is -0.371 e. The molecule has 58 heavy (non-hydrogen) atoms. The van der Waals surface area contributed by atoms with E-state index in [0.717, 1.165) is 94.9 Å². The number of fused-ring (bicyclic) bond motifs is 2. The molecule has 2 aliphatic heterocycles. The number of benzene rings is 4. The van der Waals surface area contributed by atoms with Crippen LogP contribution in [0.2, 0.25) is 0 Å². The Morgan fingerprint density at radius 3 is 1.16 bits per heavy atom. The zero-order valence-corrected chi connectivity index (χ0v) is 39.1. The summed E-state index contributed by atoms with van der Waals surface area (Å²) in [5, 5.41) is 2.51. The maximum absolute atomic E-state index is 4.95. The number of hydrogen-bond donors (Lipinski definition) is 0. The zero-order valence-electron chi connectivity index (χ0n) is 34.3. The van der Waals surface area contributed by atoms with Crippen LogP contribution in [0, 0.1) is 0 Å². The van der Waals surface area contributed by atoms with Crippen molar-refractivity contribution in [2.24, 2.45) is 0 Å². The lowest BCUT2D eigenvalue weighted by Crippen LogP contribution is -2.44. The molecule has 6 aromatic rings. The number of hydrogen-bond acceptors (Lipinski definition) is 6. The molecule has 0 aliphatic carbocycles. The first kappa shape index (κ1) is 45.8. The predicted molar refractivity (Wildman–Crippen MR) is 261 cm³/mol. The largest absolute Gasteiger partial charge is 0.371 e. The van der Waals surface area contributed by atoms with E-state index < -0.39 is 0 Å². The van der Waals surface area contributed by atoms with Crippen LogP contribution in [0.4, 0.5) is 11.4 Å². The van der Waals surface area contributed by atoms with Crippen molar-refractivity contribution < 1.29 is 0 Å². The van der Waals surface area contributed by atoms with Gasteiger partial charge >= 0.3 is 0 Å². The van der Waals surface area contributed by atoms with E-state index >= 15 is 0 Å². The highest BCUT2D eigenvalue weighted by molar-refractivity contribution is 9.10. The Hall–Kier alpha value is -3.24. The number of aromatic nitrogens is 2. The number of anilines is 2. The number of piperidine rings is 2. The Labute approximate surface area is 375 Å². The lowest BCUT2D eigenvalue weighted by atomic mass is 10.0. The minimum absolute atomic E-state index is 0. The molecule has 10 heteroatoms. The maximum atomic E-state index is 4.95. The van der Waals surface area contributed by atoms with Crippen molar-refractivity contribution in [1.82, 2.24) is 19.8 Å². The predicted octanol–water partition coefficient (Wildman–Crippen LogP) is 12.8. The third kappa shape index (κ3) is 10.7. The molecular formula is C48H58Br2Cl2N6. The van der Waals surface area contributed by atoms with Gasteiger partial charge in [-0.15, -0.1) is 24.8 Å². The Kier molecular flexibility index (Phi) is 17.3. The van der Waals surface area contributed by atoms with Crippen molar-refractivity contribution in [2.75, 3.05) is 62.2 Å². The summed E-state index contributed by atoms with van der Waals surface area (Å²) in [7, 11) is 0. The smallest absolute Gasteiger partial charge is 0.0730 e. The highest BCUT2D eigenvalue weighted by atomic mass is 79.9. The molecule has 0 unspecified atom stereocenters. The molecule has 2 saturated heterocycles. The monoisotopic (exact) mass is 946 g/mol. The quantitative estimate of drug-likeness (QED) is 0.136. The van der Waals surface area contributed by atoms with Crippen LogP contribution in [-0.2, 0) is 0 Å². The van der Waals surface area contributed by atoms with Gasteiger partial charge in [0.05, 0.1) is 22.4 Å². The SMILES string of the molecule is CCN(CC)C1CCN(c2cc(-c3ccc(Br)cc3)nc3ccccc23)CC1.CCN(CC)C1CCN(c2cc(-c3ccc(Br)cc3)nc3ccccc23)CC1.Cl.Cl. The molecule has 2 aliphatic rings. The number of para-hydroxylation sites is 2. The molecule has 8 rings (SSSR count). The first-order valence-corrected chi connectivity index (χ1v) is 22.3. The summed E-state index contributed by atoms with van der Waals surface area (Å²) in [6.45, 7) is 18.1. The Morgan fingerprint density at radius 1 is 0.500 bits per heavy atom. The van der Waals surface area contributed by atoms with Crippen LogP contribution < -0.4 is 9.80 Å². The first-order chi connectivity index (χ1) is 27.4. The fourth-order valence-electron chi connectivity index (χ4n) is 8.80. The molecule has 0 radical (unpaired) electrons. The van der Waals surface area contributed by atoms with Gasteiger partial charge in [0.25, 0.3) is 0 Å². The van der Waals surface area contributed by atoms with Crippen molar-refractivity contribution in [3.8, 4) is 22.5 Å². The lowest BCUT2D eigenvalue weighted by Gasteiger charge is -2.39. The van der Waals surface area contributed by atoms with Gasteiger partial charge in [0, 0.05) is 80.5 Å². The molecule has 2 aromatic heterocycles. The van der Waals surface area contributed by atoms with Gasteiger partial charge in [-0.1, -0.05) is 120 Å². The van der Waals surface area contributed by atoms with Gasteiger partial charge in [0.15, 0.2) is 0 Å². The number of halogens is 4. The summed E-state index contributed by atoms with van der Waals surface area (Å²) in [6.07, 6.45) is 4.91. The molecule has 4 aromatic carbocycles. The average Bonchev–Trinajstić information content (AvgIpc) is 3.25. The lowest BCUT2D eigenvalue weighted by molar-refractivity contribution is 0.186. The van der Waals surface area contributed by atoms with Crippen LogP contribution >= 0.6 is 56.7 Å². The number of nitrogens with zero attached hydrogens (tertiary/aromatic N) is 6. The van der Waals surface area contributed by atoms with Gasteiger partial charge in [-0.25, -0.2) is 9.97 Å². The molecule has 0 N–H and O–H groups in total. The molecule has 2 fully saturated rings. The molecule has 308 valence electrons. The standard InChI is InChI=1S/2C24H28BrN3.2ClH/c2*1-3-27(4-2)20-13-15-28(16-14-20)24-17-23(18-9-11-19(25)12-10-18)26-22-8-6-5-7-21(22)24;;/h2*5-12,17,20H,3-4,13-16H2,1-2H3;2*1H. The third-order valence-electron chi connectivity index (χ3n) is 11.9. The molecular weight excluding hydrogens is 891 g/mol. The van der Waals surface area contributed by atoms with Crippen molar-refractivity contribution in [1.29, 1.82) is 0 Å². The van der Waals surface area contributed by atoms with Gasteiger partial charge in [-0.3, -0.25) is 0 Å². The maximum Gasteiger partial charge on any atom is 0.0730 e. The van der Waals surface area contributed by atoms with Crippen molar-refractivity contribution >= 4 is 89.9 Å². The van der Waals surface area contributed by atoms with E-state index in [1.807, 2.05) is 0 Å². The first-order valence-electron chi connectivity index (χ1n) is 20.7. The average molecular weight is 950 g/mol. The fourth-order valence-corrected chi connectivity index (χ4v) is 9.33. The van der Waals surface area contributed by atoms with Crippen LogP contribution in [0.25, 0.3) is 44.3 Å². The summed E-state index contributed by atoms with van der Waals surface area (Å²) in [5.41, 5.74) is 9.20. The van der Waals surface area contributed by atoms with Crippen LogP contribution in [-0.4, -0.2) is 84.2 Å². The summed E-state index contributed by atoms with van der Waals surface area (Å²) in [6, 6.07) is 39.9. The topological polar surface area (TPSA) is 38.7 Å². The Balaban J connectivity index is 0.000000214. The van der Waals surface area contributed by atoms with E-state index in [1.165, 1.54) is 47.8 Å². The molecule has 0 saturated carbocycles. The van der Waals surface area contributed by atoms with Crippen LogP contribution in [0.1, 0.15) is 53.4 Å². The molecule has 6 nitrogen and oxygen atoms in total. The Bertz CT molecular complexity index is 2020. The normalized spacial score (nSPS) is 15.0. The number of pyridine rings is 2. The van der Waals surface area contributed by atoms with Crippen LogP contribution in [0.15, 0.2) is 118 Å². The van der Waals surface area contributed by atoms with Crippen LogP contribution in [0.5, 0.6) is 0 Å². The van der Waals surface area contributed by atoms with E-state index in [1.54, 1.807) is 0 Å². The van der Waals surface area contributed by atoms with E-state index in [2.05, 4.69) is 188 Å². The minimum atomic E-state index is 0. The van der Waals surface area contributed by atoms with Crippen molar-refractivity contribution in [3.63, 3.8) is 0 Å². The van der Waals surface area contributed by atoms with Gasteiger partial charge in [0.1, 0.15) is 0 Å². The second-order valence-corrected chi connectivity index (χ2v) is 16.8. The third-order valence-corrected chi connectivity index (χ3v) is 13.0. The van der Waals surface area contributed by atoms with Crippen LogP contribution in [0.3, 0.4) is 0 Å². The van der Waals surface area contributed by atoms with Crippen molar-refractivity contribution in [3.05, 3.63) is 118 Å². The van der Waals surface area contributed by atoms with E-state index in [4.69, 9.17) is 9.97 Å². The van der Waals surface area contributed by atoms with Crippen molar-refractivity contribution in [2.45, 2.75) is 65.5 Å².